The first-order valence-corrected chi connectivity index (χ1v) is 8.29. The molecule has 0 atom stereocenters. The van der Waals surface area contributed by atoms with Crippen LogP contribution in [-0.4, -0.2) is 47.4 Å². The molecule has 0 aromatic heterocycles. The van der Waals surface area contributed by atoms with Gasteiger partial charge in [-0.15, -0.1) is 0 Å². The van der Waals surface area contributed by atoms with E-state index in [4.69, 9.17) is 4.74 Å². The van der Waals surface area contributed by atoms with Crippen LogP contribution in [0.1, 0.15) is 5.56 Å². The highest BCUT2D eigenvalue weighted by Crippen LogP contribution is 2.23. The first-order chi connectivity index (χ1) is 9.81. The molecule has 7 nitrogen and oxygen atoms in total. The minimum Gasteiger partial charge on any atom is -0.383 e. The largest absolute Gasteiger partial charge is 0.383 e. The first kappa shape index (κ1) is 17.4. The number of rotatable bonds is 8. The van der Waals surface area contributed by atoms with Crippen molar-refractivity contribution in [1.82, 2.24) is 5.32 Å². The number of methoxy groups -OCH3 is 1. The fourth-order valence-electron chi connectivity index (χ4n) is 1.62. The van der Waals surface area contributed by atoms with Crippen molar-refractivity contribution in [2.75, 3.05) is 43.1 Å². The molecule has 0 aliphatic heterocycles. The molecule has 3 N–H and O–H groups in total. The van der Waals surface area contributed by atoms with Crippen LogP contribution in [0, 0.1) is 6.92 Å². The molecule has 0 fully saturated rings. The Labute approximate surface area is 125 Å². The summed E-state index contributed by atoms with van der Waals surface area (Å²) in [6, 6.07) is 5.09. The highest BCUT2D eigenvalue weighted by Gasteiger charge is 2.10. The van der Waals surface area contributed by atoms with Gasteiger partial charge in [0, 0.05) is 13.7 Å². The fourth-order valence-corrected chi connectivity index (χ4v) is 2.20. The van der Waals surface area contributed by atoms with Gasteiger partial charge in [0.25, 0.3) is 0 Å². The molecule has 118 valence electrons. The van der Waals surface area contributed by atoms with Crippen molar-refractivity contribution in [3.8, 4) is 0 Å². The van der Waals surface area contributed by atoms with Gasteiger partial charge in [-0.1, -0.05) is 6.07 Å². The number of sulfonamides is 1. The summed E-state index contributed by atoms with van der Waals surface area (Å²) in [5.41, 5.74) is 1.68. The summed E-state index contributed by atoms with van der Waals surface area (Å²) in [5, 5.41) is 5.59. The second-order valence-corrected chi connectivity index (χ2v) is 6.39. The van der Waals surface area contributed by atoms with Crippen molar-refractivity contribution in [1.29, 1.82) is 0 Å². The molecule has 0 heterocycles. The maximum Gasteiger partial charge on any atom is 0.238 e. The number of anilines is 2. The lowest BCUT2D eigenvalue weighted by Gasteiger charge is -2.13. The van der Waals surface area contributed by atoms with Crippen LogP contribution in [0.3, 0.4) is 0 Å². The molecule has 1 amide bonds. The Morgan fingerprint density at radius 2 is 2.00 bits per heavy atom. The van der Waals surface area contributed by atoms with Gasteiger partial charge in [-0.2, -0.15) is 0 Å². The van der Waals surface area contributed by atoms with Crippen LogP contribution < -0.4 is 15.4 Å². The van der Waals surface area contributed by atoms with E-state index in [1.54, 1.807) is 25.3 Å². The highest BCUT2D eigenvalue weighted by molar-refractivity contribution is 7.92. The number of aryl methyl sites for hydroxylation is 1. The lowest BCUT2D eigenvalue weighted by atomic mass is 10.2. The standard InChI is InChI=1S/C13H21N3O4S/c1-10-4-5-11(16-21(3,18)19)12(8-10)15-13(17)9-14-6-7-20-2/h4-5,8,14,16H,6-7,9H2,1-3H3,(H,15,17). The SMILES string of the molecule is COCCNCC(=O)Nc1cc(C)ccc1NS(C)(=O)=O. The number of nitrogens with one attached hydrogen (secondary N) is 3. The zero-order valence-corrected chi connectivity index (χ0v) is 13.2. The van der Waals surface area contributed by atoms with Gasteiger partial charge in [0.05, 0.1) is 30.8 Å². The van der Waals surface area contributed by atoms with E-state index in [1.807, 2.05) is 6.92 Å². The van der Waals surface area contributed by atoms with Crippen LogP contribution in [0.15, 0.2) is 18.2 Å². The van der Waals surface area contributed by atoms with Gasteiger partial charge < -0.3 is 15.4 Å². The van der Waals surface area contributed by atoms with E-state index in [9.17, 15) is 13.2 Å². The molecule has 21 heavy (non-hydrogen) atoms. The lowest BCUT2D eigenvalue weighted by molar-refractivity contribution is -0.115. The van der Waals surface area contributed by atoms with Gasteiger partial charge in [-0.05, 0) is 24.6 Å². The number of benzene rings is 1. The Bertz CT molecular complexity index is 587. The minimum absolute atomic E-state index is 0.121. The predicted molar refractivity (Wildman–Crippen MR) is 83.0 cm³/mol. The van der Waals surface area contributed by atoms with Crippen molar-refractivity contribution in [2.45, 2.75) is 6.92 Å². The van der Waals surface area contributed by atoms with Gasteiger partial charge in [-0.25, -0.2) is 8.42 Å². The molecule has 0 aliphatic rings. The lowest BCUT2D eigenvalue weighted by Crippen LogP contribution is -2.30. The maximum atomic E-state index is 11.8. The Hall–Kier alpha value is -1.64. The van der Waals surface area contributed by atoms with Crippen LogP contribution >= 0.6 is 0 Å². The molecule has 1 rings (SSSR count). The van der Waals surface area contributed by atoms with Gasteiger partial charge >= 0.3 is 0 Å². The van der Waals surface area contributed by atoms with E-state index in [0.29, 0.717) is 24.5 Å². The van der Waals surface area contributed by atoms with Crippen molar-refractivity contribution in [3.05, 3.63) is 23.8 Å². The maximum absolute atomic E-state index is 11.8. The number of amides is 1. The summed E-state index contributed by atoms with van der Waals surface area (Å²) in [6.07, 6.45) is 1.06. The first-order valence-electron chi connectivity index (χ1n) is 6.40. The quantitative estimate of drug-likeness (QED) is 0.609. The Kier molecular flexibility index (Phi) is 6.60. The average Bonchev–Trinajstić information content (AvgIpc) is 2.36. The molecule has 1 aromatic carbocycles. The third-order valence-electron chi connectivity index (χ3n) is 2.51. The van der Waals surface area contributed by atoms with Crippen molar-refractivity contribution in [3.63, 3.8) is 0 Å². The molecule has 0 saturated carbocycles. The number of carbonyl (C=O) groups excluding carboxylic acids is 1. The van der Waals surface area contributed by atoms with Crippen LogP contribution in [0.25, 0.3) is 0 Å². The molecular weight excluding hydrogens is 294 g/mol. The van der Waals surface area contributed by atoms with Crippen molar-refractivity contribution < 1.29 is 17.9 Å². The molecule has 0 unspecified atom stereocenters. The third kappa shape index (κ3) is 7.07. The molecule has 0 bridgehead atoms. The molecule has 8 heteroatoms. The van der Waals surface area contributed by atoms with Gasteiger partial charge in [0.2, 0.25) is 15.9 Å². The number of ether oxygens (including phenoxy) is 1. The van der Waals surface area contributed by atoms with Gasteiger partial charge in [-0.3, -0.25) is 9.52 Å². The van der Waals surface area contributed by atoms with Crippen LogP contribution in [0.4, 0.5) is 11.4 Å². The van der Waals surface area contributed by atoms with Crippen LogP contribution in [0.5, 0.6) is 0 Å². The molecule has 1 aromatic rings. The van der Waals surface area contributed by atoms with E-state index in [2.05, 4.69) is 15.4 Å². The molecular formula is C13H21N3O4S. The van der Waals surface area contributed by atoms with Crippen molar-refractivity contribution in [2.24, 2.45) is 0 Å². The minimum atomic E-state index is -3.41. The summed E-state index contributed by atoms with van der Waals surface area (Å²) < 4.78 is 29.9. The van der Waals surface area contributed by atoms with Crippen LogP contribution in [0.2, 0.25) is 0 Å². The van der Waals surface area contributed by atoms with Gasteiger partial charge in [0.1, 0.15) is 0 Å². The average molecular weight is 315 g/mol. The third-order valence-corrected chi connectivity index (χ3v) is 3.10. The fraction of sp³-hybridized carbons (Fsp3) is 0.462. The smallest absolute Gasteiger partial charge is 0.238 e. The topological polar surface area (TPSA) is 96.5 Å². The number of hydrogen-bond donors (Lipinski definition) is 3. The normalized spacial score (nSPS) is 11.2. The summed E-state index contributed by atoms with van der Waals surface area (Å²) in [5.74, 6) is -0.256. The predicted octanol–water partition coefficient (Wildman–Crippen LogP) is 0.541. The number of carbonyl (C=O) groups is 1. The summed E-state index contributed by atoms with van der Waals surface area (Å²) in [4.78, 5) is 11.8. The summed E-state index contributed by atoms with van der Waals surface area (Å²) >= 11 is 0. The zero-order chi connectivity index (χ0) is 15.9. The Morgan fingerprint density at radius 3 is 2.62 bits per heavy atom. The van der Waals surface area contributed by atoms with Crippen LogP contribution in [-0.2, 0) is 19.6 Å². The van der Waals surface area contributed by atoms with E-state index in [1.165, 1.54) is 0 Å². The second-order valence-electron chi connectivity index (χ2n) is 4.64. The molecule has 0 aliphatic carbocycles. The van der Waals surface area contributed by atoms with Gasteiger partial charge in [0.15, 0.2) is 0 Å². The monoisotopic (exact) mass is 315 g/mol. The zero-order valence-electron chi connectivity index (χ0n) is 12.4. The van der Waals surface area contributed by atoms with Crippen molar-refractivity contribution >= 4 is 27.3 Å². The summed E-state index contributed by atoms with van der Waals surface area (Å²) in [7, 11) is -1.83. The van der Waals surface area contributed by atoms with E-state index < -0.39 is 10.0 Å². The molecule has 0 radical (unpaired) electrons. The number of hydrogen-bond acceptors (Lipinski definition) is 5. The van der Waals surface area contributed by atoms with E-state index in [-0.39, 0.29) is 12.5 Å². The molecule has 0 saturated heterocycles. The summed E-state index contributed by atoms with van der Waals surface area (Å²) in [6.45, 7) is 3.05. The van der Waals surface area contributed by atoms with E-state index in [0.717, 1.165) is 11.8 Å². The molecule has 0 spiro atoms. The second kappa shape index (κ2) is 7.96. The Morgan fingerprint density at radius 1 is 1.29 bits per heavy atom. The highest BCUT2D eigenvalue weighted by atomic mass is 32.2. The Balaban J connectivity index is 2.72. The van der Waals surface area contributed by atoms with E-state index >= 15 is 0 Å².